The van der Waals surface area contributed by atoms with Gasteiger partial charge in [-0.15, -0.1) is 0 Å². The van der Waals surface area contributed by atoms with E-state index in [1.165, 1.54) is 4.31 Å². The lowest BCUT2D eigenvalue weighted by molar-refractivity contribution is 0.410. The minimum absolute atomic E-state index is 0.341. The van der Waals surface area contributed by atoms with Crippen LogP contribution in [0.15, 0.2) is 23.1 Å². The van der Waals surface area contributed by atoms with Crippen LogP contribution < -0.4 is 5.73 Å². The van der Waals surface area contributed by atoms with Gasteiger partial charge in [0.25, 0.3) is 0 Å². The molecule has 1 aromatic carbocycles. The lowest BCUT2D eigenvalue weighted by Crippen LogP contribution is -2.36. The number of benzene rings is 1. The molecular formula is C14H24N2O2S. The molecule has 1 aromatic rings. The van der Waals surface area contributed by atoms with Crippen molar-refractivity contribution in [2.75, 3.05) is 19.6 Å². The third-order valence-corrected chi connectivity index (χ3v) is 5.14. The first kappa shape index (κ1) is 16.1. The molecule has 0 aliphatic carbocycles. The Kier molecular flexibility index (Phi) is 5.97. The van der Waals surface area contributed by atoms with Crippen LogP contribution in [0, 0.1) is 13.8 Å². The zero-order chi connectivity index (χ0) is 14.5. The van der Waals surface area contributed by atoms with Gasteiger partial charge in [-0.2, -0.15) is 4.31 Å². The summed E-state index contributed by atoms with van der Waals surface area (Å²) < 4.78 is 26.8. The number of unbranched alkanes of at least 4 members (excludes halogenated alkanes) is 1. The molecule has 0 aliphatic rings. The first-order valence-electron chi connectivity index (χ1n) is 6.71. The normalized spacial score (nSPS) is 12.1. The monoisotopic (exact) mass is 284 g/mol. The number of hydrogen-bond donors (Lipinski definition) is 1. The molecule has 0 bridgehead atoms. The summed E-state index contributed by atoms with van der Waals surface area (Å²) in [5.41, 5.74) is 7.27. The topological polar surface area (TPSA) is 63.4 Å². The molecule has 0 radical (unpaired) electrons. The summed E-state index contributed by atoms with van der Waals surface area (Å²) in [6, 6.07) is 5.51. The molecule has 0 saturated carbocycles. The largest absolute Gasteiger partial charge is 0.329 e. The van der Waals surface area contributed by atoms with Crippen LogP contribution in [-0.4, -0.2) is 32.4 Å². The van der Waals surface area contributed by atoms with Gasteiger partial charge < -0.3 is 5.73 Å². The van der Waals surface area contributed by atoms with Crippen molar-refractivity contribution in [2.45, 2.75) is 38.5 Å². The van der Waals surface area contributed by atoms with E-state index < -0.39 is 10.0 Å². The van der Waals surface area contributed by atoms with Crippen molar-refractivity contribution in [1.82, 2.24) is 4.31 Å². The Hall–Kier alpha value is -0.910. The van der Waals surface area contributed by atoms with Crippen molar-refractivity contribution in [3.05, 3.63) is 29.3 Å². The van der Waals surface area contributed by atoms with E-state index in [0.717, 1.165) is 24.0 Å². The Morgan fingerprint density at radius 2 is 1.89 bits per heavy atom. The quantitative estimate of drug-likeness (QED) is 0.833. The van der Waals surface area contributed by atoms with E-state index in [4.69, 9.17) is 5.73 Å². The maximum absolute atomic E-state index is 12.7. The lowest BCUT2D eigenvalue weighted by atomic mass is 10.2. The van der Waals surface area contributed by atoms with E-state index in [2.05, 4.69) is 0 Å². The lowest BCUT2D eigenvalue weighted by Gasteiger charge is -2.22. The SMILES string of the molecule is CCCCN(CCN)S(=O)(=O)c1cc(C)ccc1C. The van der Waals surface area contributed by atoms with Crippen LogP contribution in [0.5, 0.6) is 0 Å². The molecule has 0 aromatic heterocycles. The molecule has 2 N–H and O–H groups in total. The Balaban J connectivity index is 3.14. The summed E-state index contributed by atoms with van der Waals surface area (Å²) in [6.07, 6.45) is 1.81. The van der Waals surface area contributed by atoms with E-state index in [1.54, 1.807) is 6.07 Å². The zero-order valence-electron chi connectivity index (χ0n) is 12.0. The van der Waals surface area contributed by atoms with Gasteiger partial charge in [-0.3, -0.25) is 0 Å². The number of nitrogens with zero attached hydrogens (tertiary/aromatic N) is 1. The highest BCUT2D eigenvalue weighted by Crippen LogP contribution is 2.21. The summed E-state index contributed by atoms with van der Waals surface area (Å²) >= 11 is 0. The van der Waals surface area contributed by atoms with E-state index in [1.807, 2.05) is 32.9 Å². The molecule has 0 unspecified atom stereocenters. The predicted molar refractivity (Wildman–Crippen MR) is 78.6 cm³/mol. The van der Waals surface area contributed by atoms with Crippen molar-refractivity contribution in [1.29, 1.82) is 0 Å². The van der Waals surface area contributed by atoms with Gasteiger partial charge in [0.1, 0.15) is 0 Å². The Morgan fingerprint density at radius 3 is 2.47 bits per heavy atom. The van der Waals surface area contributed by atoms with Gasteiger partial charge in [0.15, 0.2) is 0 Å². The maximum atomic E-state index is 12.7. The Morgan fingerprint density at radius 1 is 1.21 bits per heavy atom. The van der Waals surface area contributed by atoms with Gasteiger partial charge in [-0.1, -0.05) is 25.5 Å². The smallest absolute Gasteiger partial charge is 0.243 e. The molecule has 0 atom stereocenters. The second kappa shape index (κ2) is 7.03. The highest BCUT2D eigenvalue weighted by atomic mass is 32.2. The van der Waals surface area contributed by atoms with E-state index in [-0.39, 0.29) is 0 Å². The summed E-state index contributed by atoms with van der Waals surface area (Å²) in [4.78, 5) is 0.400. The van der Waals surface area contributed by atoms with Gasteiger partial charge in [-0.25, -0.2) is 8.42 Å². The second-order valence-electron chi connectivity index (χ2n) is 4.82. The van der Waals surface area contributed by atoms with Gasteiger partial charge >= 0.3 is 0 Å². The average molecular weight is 284 g/mol. The molecular weight excluding hydrogens is 260 g/mol. The van der Waals surface area contributed by atoms with Crippen LogP contribution in [0.3, 0.4) is 0 Å². The predicted octanol–water partition coefficient (Wildman–Crippen LogP) is 2.05. The molecule has 0 spiro atoms. The third kappa shape index (κ3) is 4.03. The fraction of sp³-hybridized carbons (Fsp3) is 0.571. The van der Waals surface area contributed by atoms with Crippen LogP contribution >= 0.6 is 0 Å². The van der Waals surface area contributed by atoms with E-state index >= 15 is 0 Å². The first-order chi connectivity index (χ1) is 8.93. The highest BCUT2D eigenvalue weighted by Gasteiger charge is 2.24. The molecule has 1 rings (SSSR count). The number of aryl methyl sites for hydroxylation is 2. The van der Waals surface area contributed by atoms with Crippen molar-refractivity contribution in [3.8, 4) is 0 Å². The summed E-state index contributed by atoms with van der Waals surface area (Å²) in [5.74, 6) is 0. The summed E-state index contributed by atoms with van der Waals surface area (Å²) in [7, 11) is -3.44. The first-order valence-corrected chi connectivity index (χ1v) is 8.15. The molecule has 108 valence electrons. The van der Waals surface area contributed by atoms with E-state index in [9.17, 15) is 8.42 Å². The minimum Gasteiger partial charge on any atom is -0.329 e. The van der Waals surface area contributed by atoms with Crippen LogP contribution in [0.2, 0.25) is 0 Å². The summed E-state index contributed by atoms with van der Waals surface area (Å²) in [6.45, 7) is 7.02. The zero-order valence-corrected chi connectivity index (χ0v) is 12.8. The van der Waals surface area contributed by atoms with Gasteiger partial charge in [0.05, 0.1) is 4.90 Å². The van der Waals surface area contributed by atoms with Crippen molar-refractivity contribution in [2.24, 2.45) is 5.73 Å². The van der Waals surface area contributed by atoms with Gasteiger partial charge in [-0.05, 0) is 37.5 Å². The average Bonchev–Trinajstić information content (AvgIpc) is 2.37. The fourth-order valence-electron chi connectivity index (χ4n) is 1.95. The van der Waals surface area contributed by atoms with Crippen LogP contribution in [0.25, 0.3) is 0 Å². The number of sulfonamides is 1. The standard InChI is InChI=1S/C14H24N2O2S/c1-4-5-9-16(10-8-15)19(17,18)14-11-12(2)6-7-13(14)3/h6-7,11H,4-5,8-10,15H2,1-3H3. The molecule has 4 nitrogen and oxygen atoms in total. The number of nitrogens with two attached hydrogens (primary N) is 1. The van der Waals surface area contributed by atoms with Crippen LogP contribution in [-0.2, 0) is 10.0 Å². The minimum atomic E-state index is -3.44. The van der Waals surface area contributed by atoms with Crippen molar-refractivity contribution >= 4 is 10.0 Å². The Bertz CT molecular complexity index is 512. The molecule has 0 aliphatic heterocycles. The van der Waals surface area contributed by atoms with Crippen LogP contribution in [0.4, 0.5) is 0 Å². The molecule has 0 amide bonds. The number of hydrogen-bond acceptors (Lipinski definition) is 3. The second-order valence-corrected chi connectivity index (χ2v) is 6.72. The molecule has 0 fully saturated rings. The van der Waals surface area contributed by atoms with Gasteiger partial charge in [0, 0.05) is 19.6 Å². The Labute approximate surface area is 116 Å². The summed E-state index contributed by atoms with van der Waals surface area (Å²) in [5, 5.41) is 0. The number of rotatable bonds is 7. The fourth-order valence-corrected chi connectivity index (χ4v) is 3.76. The molecule has 5 heteroatoms. The van der Waals surface area contributed by atoms with Gasteiger partial charge in [0.2, 0.25) is 10.0 Å². The van der Waals surface area contributed by atoms with Crippen molar-refractivity contribution < 1.29 is 8.42 Å². The van der Waals surface area contributed by atoms with E-state index in [0.29, 0.717) is 24.5 Å². The van der Waals surface area contributed by atoms with Crippen molar-refractivity contribution in [3.63, 3.8) is 0 Å². The molecule has 19 heavy (non-hydrogen) atoms. The van der Waals surface area contributed by atoms with Crippen LogP contribution in [0.1, 0.15) is 30.9 Å². The highest BCUT2D eigenvalue weighted by molar-refractivity contribution is 7.89. The molecule has 0 saturated heterocycles. The maximum Gasteiger partial charge on any atom is 0.243 e. The molecule has 0 heterocycles. The third-order valence-electron chi connectivity index (χ3n) is 3.10.